The fourth-order valence-corrected chi connectivity index (χ4v) is 5.92. The van der Waals surface area contributed by atoms with E-state index in [-0.39, 0.29) is 29.1 Å². The molecule has 1 atom stereocenters. The standard InChI is InChI=1S/C37H45N5O2/c1-25-10-14-27(15-11-25)16-19-32(43)35(28-20-22-38-23-21-28)30-8-6-7-9-31(30)39-36(44)40-34-24-33(37(3,4)5)41-42(34)29-17-12-26(2)13-18-29/h6-15,17-18,24,28,35,38H,16,19-23H2,1-5H3,(H2,39,40,44). The molecule has 2 amide bonds. The van der Waals surface area contributed by atoms with Crippen LogP contribution >= 0.6 is 0 Å². The molecule has 1 aromatic heterocycles. The van der Waals surface area contributed by atoms with Gasteiger partial charge in [-0.05, 0) is 81.4 Å². The fourth-order valence-electron chi connectivity index (χ4n) is 5.92. The van der Waals surface area contributed by atoms with Crippen LogP contribution in [0, 0.1) is 19.8 Å². The third-order valence-corrected chi connectivity index (χ3v) is 8.52. The van der Waals surface area contributed by atoms with Crippen molar-refractivity contribution in [3.8, 4) is 5.69 Å². The largest absolute Gasteiger partial charge is 0.324 e. The summed E-state index contributed by atoms with van der Waals surface area (Å²) in [5.74, 6) is 0.729. The van der Waals surface area contributed by atoms with Crippen LogP contribution in [0.25, 0.3) is 5.69 Å². The van der Waals surface area contributed by atoms with Crippen LogP contribution in [0.2, 0.25) is 0 Å². The van der Waals surface area contributed by atoms with Gasteiger partial charge in [-0.1, -0.05) is 86.5 Å². The Bertz CT molecular complexity index is 1580. The second-order valence-electron chi connectivity index (χ2n) is 13.1. The summed E-state index contributed by atoms with van der Waals surface area (Å²) >= 11 is 0. The first-order valence-electron chi connectivity index (χ1n) is 15.7. The van der Waals surface area contributed by atoms with Gasteiger partial charge in [-0.15, -0.1) is 0 Å². The van der Waals surface area contributed by atoms with Gasteiger partial charge >= 0.3 is 6.03 Å². The molecule has 4 aromatic rings. The lowest BCUT2D eigenvalue weighted by Gasteiger charge is -2.31. The highest BCUT2D eigenvalue weighted by atomic mass is 16.2. The Kier molecular flexibility index (Phi) is 9.64. The maximum atomic E-state index is 14.0. The number of carbonyl (C=O) groups is 2. The van der Waals surface area contributed by atoms with Gasteiger partial charge < -0.3 is 10.6 Å². The number of amides is 2. The second kappa shape index (κ2) is 13.6. The molecule has 1 aliphatic rings. The molecule has 0 radical (unpaired) electrons. The number of piperidine rings is 1. The molecule has 230 valence electrons. The highest BCUT2D eigenvalue weighted by Crippen LogP contribution is 2.37. The van der Waals surface area contributed by atoms with E-state index in [0.29, 0.717) is 24.3 Å². The molecular weight excluding hydrogens is 546 g/mol. The molecule has 5 rings (SSSR count). The van der Waals surface area contributed by atoms with Crippen LogP contribution in [-0.4, -0.2) is 34.7 Å². The molecular formula is C37H45N5O2. The van der Waals surface area contributed by atoms with Crippen molar-refractivity contribution in [2.75, 3.05) is 23.7 Å². The molecule has 44 heavy (non-hydrogen) atoms. The van der Waals surface area contributed by atoms with E-state index in [1.54, 1.807) is 4.68 Å². The number of aryl methyl sites for hydroxylation is 3. The monoisotopic (exact) mass is 591 g/mol. The number of Topliss-reactive ketones (excluding diaryl/α,β-unsaturated/α-hetero) is 1. The van der Waals surface area contributed by atoms with Gasteiger partial charge in [-0.2, -0.15) is 5.10 Å². The lowest BCUT2D eigenvalue weighted by Crippen LogP contribution is -2.34. The molecule has 1 unspecified atom stereocenters. The Morgan fingerprint density at radius 2 is 1.55 bits per heavy atom. The van der Waals surface area contributed by atoms with E-state index in [1.807, 2.05) is 61.5 Å². The van der Waals surface area contributed by atoms with E-state index < -0.39 is 0 Å². The Hall–Kier alpha value is -4.23. The molecule has 0 aliphatic carbocycles. The first-order chi connectivity index (χ1) is 21.1. The molecule has 0 spiro atoms. The number of benzene rings is 3. The van der Waals surface area contributed by atoms with Gasteiger partial charge in [0.05, 0.1) is 11.4 Å². The second-order valence-corrected chi connectivity index (χ2v) is 13.1. The number of hydrogen-bond acceptors (Lipinski definition) is 4. The Labute approximate surface area is 261 Å². The highest BCUT2D eigenvalue weighted by molar-refractivity contribution is 6.01. The zero-order valence-electron chi connectivity index (χ0n) is 26.6. The van der Waals surface area contributed by atoms with Crippen LogP contribution in [0.15, 0.2) is 78.9 Å². The van der Waals surface area contributed by atoms with Gasteiger partial charge in [0.25, 0.3) is 0 Å². The summed E-state index contributed by atoms with van der Waals surface area (Å²) in [4.78, 5) is 27.6. The van der Waals surface area contributed by atoms with E-state index in [2.05, 4.69) is 67.9 Å². The quantitative estimate of drug-likeness (QED) is 0.186. The Morgan fingerprint density at radius 3 is 2.20 bits per heavy atom. The van der Waals surface area contributed by atoms with Crippen LogP contribution < -0.4 is 16.0 Å². The molecule has 1 fully saturated rings. The van der Waals surface area contributed by atoms with E-state index >= 15 is 0 Å². The minimum atomic E-state index is -0.373. The van der Waals surface area contributed by atoms with Crippen molar-refractivity contribution < 1.29 is 9.59 Å². The molecule has 1 saturated heterocycles. The molecule has 3 aromatic carbocycles. The van der Waals surface area contributed by atoms with Crippen LogP contribution in [-0.2, 0) is 16.6 Å². The Morgan fingerprint density at radius 1 is 0.909 bits per heavy atom. The number of carbonyl (C=O) groups excluding carboxylic acids is 2. The highest BCUT2D eigenvalue weighted by Gasteiger charge is 2.32. The fraction of sp³-hybridized carbons (Fsp3) is 0.378. The predicted molar refractivity (Wildman–Crippen MR) is 179 cm³/mol. The van der Waals surface area contributed by atoms with Gasteiger partial charge in [0.15, 0.2) is 0 Å². The SMILES string of the molecule is Cc1ccc(CCC(=O)C(c2ccccc2NC(=O)Nc2cc(C(C)(C)C)nn2-c2ccc(C)cc2)C2CCNCC2)cc1. The van der Waals surface area contributed by atoms with E-state index in [9.17, 15) is 9.59 Å². The van der Waals surface area contributed by atoms with Crippen LogP contribution in [0.5, 0.6) is 0 Å². The van der Waals surface area contributed by atoms with E-state index in [0.717, 1.165) is 48.4 Å². The van der Waals surface area contributed by atoms with Crippen LogP contribution in [0.3, 0.4) is 0 Å². The van der Waals surface area contributed by atoms with Gasteiger partial charge in [0, 0.05) is 29.5 Å². The van der Waals surface area contributed by atoms with Gasteiger partial charge in [0.2, 0.25) is 0 Å². The normalized spacial score (nSPS) is 14.7. The number of nitrogens with one attached hydrogen (secondary N) is 3. The van der Waals surface area contributed by atoms with E-state index in [4.69, 9.17) is 5.10 Å². The predicted octanol–water partition coefficient (Wildman–Crippen LogP) is 7.72. The zero-order chi connectivity index (χ0) is 31.3. The van der Waals surface area contributed by atoms with Crippen molar-refractivity contribution in [2.45, 2.75) is 71.6 Å². The first-order valence-corrected chi connectivity index (χ1v) is 15.7. The number of anilines is 2. The topological polar surface area (TPSA) is 88.1 Å². The first kappa shape index (κ1) is 31.2. The molecule has 1 aliphatic heterocycles. The summed E-state index contributed by atoms with van der Waals surface area (Å²) in [6.07, 6.45) is 3.01. The average molecular weight is 592 g/mol. The van der Waals surface area contributed by atoms with Crippen molar-refractivity contribution in [3.05, 3.63) is 107 Å². The van der Waals surface area contributed by atoms with E-state index in [1.165, 1.54) is 11.1 Å². The maximum Gasteiger partial charge on any atom is 0.324 e. The number of hydrogen-bond donors (Lipinski definition) is 3. The van der Waals surface area contributed by atoms with Gasteiger partial charge in [-0.3, -0.25) is 10.1 Å². The number of rotatable bonds is 9. The number of para-hydroxylation sites is 1. The minimum absolute atomic E-state index is 0.198. The van der Waals surface area contributed by atoms with Crippen LogP contribution in [0.4, 0.5) is 16.3 Å². The smallest absolute Gasteiger partial charge is 0.317 e. The lowest BCUT2D eigenvalue weighted by atomic mass is 9.76. The van der Waals surface area contributed by atoms with Gasteiger partial charge in [0.1, 0.15) is 11.6 Å². The molecule has 3 N–H and O–H groups in total. The van der Waals surface area contributed by atoms with Gasteiger partial charge in [-0.25, -0.2) is 9.48 Å². The van der Waals surface area contributed by atoms with Crippen LogP contribution in [0.1, 0.15) is 73.9 Å². The van der Waals surface area contributed by atoms with Crippen molar-refractivity contribution in [3.63, 3.8) is 0 Å². The minimum Gasteiger partial charge on any atom is -0.317 e. The maximum absolute atomic E-state index is 14.0. The summed E-state index contributed by atoms with van der Waals surface area (Å²) in [5, 5.41) is 14.4. The molecule has 2 heterocycles. The summed E-state index contributed by atoms with van der Waals surface area (Å²) in [7, 11) is 0. The molecule has 0 bridgehead atoms. The summed E-state index contributed by atoms with van der Waals surface area (Å²) in [6, 6.07) is 25.8. The number of ketones is 1. The number of nitrogens with zero attached hydrogens (tertiary/aromatic N) is 2. The summed E-state index contributed by atoms with van der Waals surface area (Å²) in [5.41, 5.74) is 6.61. The lowest BCUT2D eigenvalue weighted by molar-refractivity contribution is -0.121. The number of urea groups is 1. The Balaban J connectivity index is 1.39. The molecule has 0 saturated carbocycles. The summed E-state index contributed by atoms with van der Waals surface area (Å²) in [6.45, 7) is 12.2. The molecule has 7 nitrogen and oxygen atoms in total. The third kappa shape index (κ3) is 7.64. The molecule has 7 heteroatoms. The summed E-state index contributed by atoms with van der Waals surface area (Å²) < 4.78 is 1.78. The number of aromatic nitrogens is 2. The van der Waals surface area contributed by atoms with Crippen molar-refractivity contribution in [1.29, 1.82) is 0 Å². The third-order valence-electron chi connectivity index (χ3n) is 8.52. The van der Waals surface area contributed by atoms with Crippen molar-refractivity contribution >= 4 is 23.3 Å². The zero-order valence-corrected chi connectivity index (χ0v) is 26.6. The average Bonchev–Trinajstić information content (AvgIpc) is 3.43. The van der Waals surface area contributed by atoms with Crippen molar-refractivity contribution in [2.24, 2.45) is 5.92 Å². The van der Waals surface area contributed by atoms with Crippen molar-refractivity contribution in [1.82, 2.24) is 15.1 Å².